The van der Waals surface area contributed by atoms with Gasteiger partial charge in [-0.15, -0.1) is 0 Å². The summed E-state index contributed by atoms with van der Waals surface area (Å²) in [6, 6.07) is 11.5. The topological polar surface area (TPSA) is 56.1 Å². The van der Waals surface area contributed by atoms with Gasteiger partial charge in [0.05, 0.1) is 0 Å². The molecule has 0 aliphatic heterocycles. The summed E-state index contributed by atoms with van der Waals surface area (Å²) in [4.78, 5) is 13.5. The molecule has 0 saturated heterocycles. The third-order valence-electron chi connectivity index (χ3n) is 2.27. The van der Waals surface area contributed by atoms with E-state index in [-0.39, 0.29) is 17.5 Å². The maximum absolute atomic E-state index is 11.7. The first kappa shape index (κ1) is 13.8. The van der Waals surface area contributed by atoms with Crippen LogP contribution in [0.4, 0.5) is 5.69 Å². The second-order valence-electron chi connectivity index (χ2n) is 4.23. The monoisotopic (exact) mass is 243 g/mol. The van der Waals surface area contributed by atoms with Crippen molar-refractivity contribution in [1.82, 2.24) is 5.32 Å². The second-order valence-corrected chi connectivity index (χ2v) is 4.23. The first-order valence-electron chi connectivity index (χ1n) is 5.75. The van der Waals surface area contributed by atoms with E-state index >= 15 is 0 Å². The number of amides is 1. The molecule has 0 saturated carbocycles. The Hall–Kier alpha value is -2.28. The maximum Gasteiger partial charge on any atom is 0.263 e. The summed E-state index contributed by atoms with van der Waals surface area (Å²) in [6.07, 6.45) is 1.53. The Morgan fingerprint density at radius 1 is 1.39 bits per heavy atom. The fourth-order valence-corrected chi connectivity index (χ4v) is 1.41. The molecule has 0 aliphatic rings. The van der Waals surface area contributed by atoms with Crippen LogP contribution in [0.25, 0.3) is 0 Å². The number of carbonyl (C=O) groups excluding carboxylic acids is 1. The fraction of sp³-hybridized carbons (Fsp3) is 0.286. The molecule has 4 heteroatoms. The van der Waals surface area contributed by atoms with Gasteiger partial charge >= 0.3 is 0 Å². The van der Waals surface area contributed by atoms with E-state index in [1.54, 1.807) is 11.9 Å². The molecule has 0 fully saturated rings. The van der Waals surface area contributed by atoms with Crippen LogP contribution in [0.3, 0.4) is 0 Å². The van der Waals surface area contributed by atoms with Gasteiger partial charge in [0.2, 0.25) is 0 Å². The molecular weight excluding hydrogens is 226 g/mol. The normalized spacial score (nSPS) is 10.9. The molecule has 0 aromatic heterocycles. The van der Waals surface area contributed by atoms with Crippen LogP contribution in [0, 0.1) is 11.3 Å². The average Bonchev–Trinajstić information content (AvgIpc) is 2.35. The molecule has 4 nitrogen and oxygen atoms in total. The number of hydrogen-bond donors (Lipinski definition) is 1. The van der Waals surface area contributed by atoms with Gasteiger partial charge in [-0.1, -0.05) is 18.2 Å². The Morgan fingerprint density at radius 2 is 2.00 bits per heavy atom. The molecule has 0 radical (unpaired) electrons. The van der Waals surface area contributed by atoms with Crippen molar-refractivity contribution in [2.45, 2.75) is 19.9 Å². The maximum atomic E-state index is 11.7. The third-order valence-corrected chi connectivity index (χ3v) is 2.27. The van der Waals surface area contributed by atoms with Crippen LogP contribution in [-0.4, -0.2) is 19.0 Å². The van der Waals surface area contributed by atoms with Crippen molar-refractivity contribution < 1.29 is 4.79 Å². The predicted octanol–water partition coefficient (Wildman–Crippen LogP) is 2.05. The van der Waals surface area contributed by atoms with E-state index in [1.807, 2.05) is 50.2 Å². The van der Waals surface area contributed by atoms with Gasteiger partial charge in [-0.3, -0.25) is 4.79 Å². The van der Waals surface area contributed by atoms with E-state index < -0.39 is 0 Å². The first-order chi connectivity index (χ1) is 8.54. The molecular formula is C14H17N3O. The van der Waals surface area contributed by atoms with Crippen LogP contribution >= 0.6 is 0 Å². The number of para-hydroxylation sites is 1. The van der Waals surface area contributed by atoms with E-state index in [2.05, 4.69) is 5.32 Å². The van der Waals surface area contributed by atoms with Gasteiger partial charge in [0.1, 0.15) is 11.6 Å². The molecule has 0 atom stereocenters. The molecule has 1 amide bonds. The molecule has 1 aromatic rings. The van der Waals surface area contributed by atoms with E-state index in [4.69, 9.17) is 5.26 Å². The summed E-state index contributed by atoms with van der Waals surface area (Å²) in [7, 11) is 1.80. The second kappa shape index (κ2) is 6.45. The Labute approximate surface area is 108 Å². The van der Waals surface area contributed by atoms with Gasteiger partial charge in [-0.25, -0.2) is 0 Å². The summed E-state index contributed by atoms with van der Waals surface area (Å²) < 4.78 is 0. The van der Waals surface area contributed by atoms with Crippen LogP contribution < -0.4 is 10.2 Å². The lowest BCUT2D eigenvalue weighted by molar-refractivity contribution is -0.117. The van der Waals surface area contributed by atoms with Gasteiger partial charge in [-0.2, -0.15) is 5.26 Å². The van der Waals surface area contributed by atoms with Crippen LogP contribution in [0.5, 0.6) is 0 Å². The highest BCUT2D eigenvalue weighted by atomic mass is 16.1. The zero-order valence-corrected chi connectivity index (χ0v) is 10.8. The highest BCUT2D eigenvalue weighted by Crippen LogP contribution is 2.12. The van der Waals surface area contributed by atoms with Gasteiger partial charge in [0.25, 0.3) is 5.91 Å². The number of rotatable bonds is 4. The van der Waals surface area contributed by atoms with E-state index in [0.29, 0.717) is 0 Å². The number of nitrogens with zero attached hydrogens (tertiary/aromatic N) is 2. The molecule has 0 spiro atoms. The lowest BCUT2D eigenvalue weighted by atomic mass is 10.2. The van der Waals surface area contributed by atoms with Crippen molar-refractivity contribution in [2.75, 3.05) is 11.9 Å². The minimum atomic E-state index is -0.352. The van der Waals surface area contributed by atoms with Crippen molar-refractivity contribution in [3.63, 3.8) is 0 Å². The SMILES string of the molecule is CC(C)NC(=O)/C(C#N)=C\N(C)c1ccccc1. The molecule has 0 bridgehead atoms. The highest BCUT2D eigenvalue weighted by molar-refractivity contribution is 5.97. The summed E-state index contributed by atoms with van der Waals surface area (Å²) in [5, 5.41) is 11.7. The number of hydrogen-bond acceptors (Lipinski definition) is 3. The lowest BCUT2D eigenvalue weighted by Crippen LogP contribution is -2.31. The average molecular weight is 243 g/mol. The Kier molecular flexibility index (Phi) is 4.94. The molecule has 0 unspecified atom stereocenters. The summed E-state index contributed by atoms with van der Waals surface area (Å²) in [5.74, 6) is -0.352. The Morgan fingerprint density at radius 3 is 2.50 bits per heavy atom. The Balaban J connectivity index is 2.86. The highest BCUT2D eigenvalue weighted by Gasteiger charge is 2.11. The number of carbonyl (C=O) groups is 1. The molecule has 1 rings (SSSR count). The van der Waals surface area contributed by atoms with Crippen molar-refractivity contribution in [3.8, 4) is 6.07 Å². The molecule has 0 aliphatic carbocycles. The van der Waals surface area contributed by atoms with Crippen molar-refractivity contribution in [3.05, 3.63) is 42.1 Å². The summed E-state index contributed by atoms with van der Waals surface area (Å²) in [6.45, 7) is 3.71. The predicted molar refractivity (Wildman–Crippen MR) is 71.8 cm³/mol. The van der Waals surface area contributed by atoms with Crippen LogP contribution in [0.15, 0.2) is 42.1 Å². The summed E-state index contributed by atoms with van der Waals surface area (Å²) in [5.41, 5.74) is 1.01. The van der Waals surface area contributed by atoms with Crippen molar-refractivity contribution in [1.29, 1.82) is 5.26 Å². The smallest absolute Gasteiger partial charge is 0.263 e. The Bertz CT molecular complexity index is 472. The number of anilines is 1. The van der Waals surface area contributed by atoms with Crippen molar-refractivity contribution >= 4 is 11.6 Å². The van der Waals surface area contributed by atoms with Crippen LogP contribution in [0.2, 0.25) is 0 Å². The third kappa shape index (κ3) is 3.95. The van der Waals surface area contributed by atoms with Gasteiger partial charge in [0.15, 0.2) is 0 Å². The van der Waals surface area contributed by atoms with Crippen molar-refractivity contribution in [2.24, 2.45) is 0 Å². The van der Waals surface area contributed by atoms with E-state index in [0.717, 1.165) is 5.69 Å². The van der Waals surface area contributed by atoms with E-state index in [1.165, 1.54) is 6.20 Å². The quantitative estimate of drug-likeness (QED) is 0.650. The molecule has 1 aromatic carbocycles. The van der Waals surface area contributed by atoms with Crippen LogP contribution in [0.1, 0.15) is 13.8 Å². The minimum absolute atomic E-state index is 0.0104. The minimum Gasteiger partial charge on any atom is -0.350 e. The zero-order chi connectivity index (χ0) is 13.5. The molecule has 0 heterocycles. The van der Waals surface area contributed by atoms with Gasteiger partial charge < -0.3 is 10.2 Å². The van der Waals surface area contributed by atoms with E-state index in [9.17, 15) is 4.79 Å². The lowest BCUT2D eigenvalue weighted by Gasteiger charge is -2.15. The molecule has 18 heavy (non-hydrogen) atoms. The standard InChI is InChI=1S/C14H17N3O/c1-11(2)16-14(18)12(9-15)10-17(3)13-7-5-4-6-8-13/h4-8,10-11H,1-3H3,(H,16,18)/b12-10-. The van der Waals surface area contributed by atoms with Crippen LogP contribution in [-0.2, 0) is 4.79 Å². The molecule has 1 N–H and O–H groups in total. The molecule has 94 valence electrons. The zero-order valence-electron chi connectivity index (χ0n) is 10.8. The fourth-order valence-electron chi connectivity index (χ4n) is 1.41. The first-order valence-corrected chi connectivity index (χ1v) is 5.75. The number of nitriles is 1. The summed E-state index contributed by atoms with van der Waals surface area (Å²) >= 11 is 0. The van der Waals surface area contributed by atoms with Gasteiger partial charge in [-0.05, 0) is 26.0 Å². The number of nitrogens with one attached hydrogen (secondary N) is 1. The van der Waals surface area contributed by atoms with Gasteiger partial charge in [0, 0.05) is 25.0 Å². The largest absolute Gasteiger partial charge is 0.350 e. The number of benzene rings is 1.